The number of methoxy groups -OCH3 is 1. The summed E-state index contributed by atoms with van der Waals surface area (Å²) >= 11 is 6.21. The Hall–Kier alpha value is -2.21. The van der Waals surface area contributed by atoms with E-state index in [9.17, 15) is 9.59 Å². The summed E-state index contributed by atoms with van der Waals surface area (Å²) in [4.78, 5) is 24.0. The topological polar surface area (TPSA) is 73.9 Å². The number of carbonyl (C=O) groups is 2. The molecule has 1 rings (SSSR count). The molecule has 7 heteroatoms. The van der Waals surface area contributed by atoms with Crippen LogP contribution in [0.4, 0.5) is 0 Å². The van der Waals surface area contributed by atoms with Crippen molar-refractivity contribution in [2.45, 2.75) is 26.9 Å². The molecule has 0 aromatic heterocycles. The molecule has 25 heavy (non-hydrogen) atoms. The number of ether oxygens (including phenoxy) is 3. The first-order chi connectivity index (χ1) is 11.8. The van der Waals surface area contributed by atoms with E-state index in [0.29, 0.717) is 30.6 Å². The average molecular weight is 370 g/mol. The maximum absolute atomic E-state index is 12.3. The summed E-state index contributed by atoms with van der Waals surface area (Å²) < 4.78 is 16.0. The van der Waals surface area contributed by atoms with Crippen LogP contribution in [-0.4, -0.2) is 38.2 Å². The molecule has 1 amide bonds. The Morgan fingerprint density at radius 1 is 1.32 bits per heavy atom. The largest absolute Gasteiger partial charge is 0.493 e. The molecule has 1 N–H and O–H groups in total. The lowest BCUT2D eigenvalue weighted by Gasteiger charge is -2.16. The van der Waals surface area contributed by atoms with Crippen LogP contribution in [-0.2, 0) is 9.53 Å². The molecule has 138 valence electrons. The van der Waals surface area contributed by atoms with E-state index in [4.69, 9.17) is 25.8 Å². The van der Waals surface area contributed by atoms with Crippen molar-refractivity contribution in [3.63, 3.8) is 0 Å². The van der Waals surface area contributed by atoms with E-state index < -0.39 is 18.0 Å². The molecule has 6 nitrogen and oxygen atoms in total. The second-order valence-electron chi connectivity index (χ2n) is 5.78. The van der Waals surface area contributed by atoms with E-state index in [1.54, 1.807) is 0 Å². The second kappa shape index (κ2) is 9.93. The summed E-state index contributed by atoms with van der Waals surface area (Å²) in [7, 11) is 1.45. The van der Waals surface area contributed by atoms with Crippen LogP contribution in [0.5, 0.6) is 11.5 Å². The minimum atomic E-state index is -0.950. The molecule has 1 aromatic carbocycles. The van der Waals surface area contributed by atoms with Crippen LogP contribution in [0, 0.1) is 5.92 Å². The normalized spacial score (nSPS) is 11.6. The van der Waals surface area contributed by atoms with Crippen LogP contribution in [0.3, 0.4) is 0 Å². The minimum absolute atomic E-state index is 0.169. The molecule has 0 heterocycles. The van der Waals surface area contributed by atoms with E-state index in [1.807, 2.05) is 13.8 Å². The quantitative estimate of drug-likeness (QED) is 0.534. The molecule has 1 aromatic rings. The van der Waals surface area contributed by atoms with Crippen LogP contribution < -0.4 is 14.8 Å². The lowest BCUT2D eigenvalue weighted by Crippen LogP contribution is -2.35. The summed E-state index contributed by atoms with van der Waals surface area (Å²) in [6.45, 7) is 9.74. The average Bonchev–Trinajstić information content (AvgIpc) is 2.57. The van der Waals surface area contributed by atoms with Crippen molar-refractivity contribution in [1.82, 2.24) is 5.32 Å². The molecule has 0 unspecified atom stereocenters. The number of nitrogens with one attached hydrogen (secondary N) is 1. The molecule has 1 atom stereocenters. The first kappa shape index (κ1) is 20.8. The predicted octanol–water partition coefficient (Wildman–Crippen LogP) is 3.23. The minimum Gasteiger partial charge on any atom is -0.493 e. The third-order valence-corrected chi connectivity index (χ3v) is 3.38. The molecule has 0 saturated heterocycles. The zero-order valence-electron chi connectivity index (χ0n) is 14.9. The van der Waals surface area contributed by atoms with Crippen LogP contribution >= 0.6 is 11.6 Å². The van der Waals surface area contributed by atoms with Gasteiger partial charge in [-0.15, -0.1) is 6.58 Å². The fourth-order valence-corrected chi connectivity index (χ4v) is 2.09. The maximum atomic E-state index is 12.3. The van der Waals surface area contributed by atoms with E-state index in [1.165, 1.54) is 32.2 Å². The molecular weight excluding hydrogens is 346 g/mol. The van der Waals surface area contributed by atoms with Crippen molar-refractivity contribution in [3.8, 4) is 11.5 Å². The summed E-state index contributed by atoms with van der Waals surface area (Å²) in [6, 6.07) is 2.90. The Kier molecular flexibility index (Phi) is 8.28. The van der Waals surface area contributed by atoms with E-state index in [-0.39, 0.29) is 10.6 Å². The highest BCUT2D eigenvalue weighted by Gasteiger charge is 2.21. The van der Waals surface area contributed by atoms with E-state index >= 15 is 0 Å². The lowest BCUT2D eigenvalue weighted by atomic mass is 10.2. The number of halogens is 1. The molecule has 0 bridgehead atoms. The van der Waals surface area contributed by atoms with Gasteiger partial charge in [-0.1, -0.05) is 31.5 Å². The van der Waals surface area contributed by atoms with Gasteiger partial charge in [-0.3, -0.25) is 4.79 Å². The summed E-state index contributed by atoms with van der Waals surface area (Å²) in [5, 5.41) is 2.79. The van der Waals surface area contributed by atoms with Gasteiger partial charge >= 0.3 is 5.97 Å². The van der Waals surface area contributed by atoms with Gasteiger partial charge in [-0.2, -0.15) is 0 Å². The second-order valence-corrected chi connectivity index (χ2v) is 6.18. The zero-order valence-corrected chi connectivity index (χ0v) is 15.7. The molecule has 0 spiro atoms. The van der Waals surface area contributed by atoms with E-state index in [2.05, 4.69) is 11.9 Å². The van der Waals surface area contributed by atoms with Crippen molar-refractivity contribution in [1.29, 1.82) is 0 Å². The lowest BCUT2D eigenvalue weighted by molar-refractivity contribution is -0.128. The third-order valence-electron chi connectivity index (χ3n) is 3.10. The van der Waals surface area contributed by atoms with Crippen LogP contribution in [0.2, 0.25) is 5.02 Å². The van der Waals surface area contributed by atoms with Gasteiger partial charge in [0.25, 0.3) is 5.91 Å². The van der Waals surface area contributed by atoms with Crippen LogP contribution in [0.1, 0.15) is 31.1 Å². The molecular formula is C18H24ClNO5. The van der Waals surface area contributed by atoms with Crippen LogP contribution in [0.25, 0.3) is 0 Å². The number of carbonyl (C=O) groups excluding carboxylic acids is 2. The predicted molar refractivity (Wildman–Crippen MR) is 96.4 cm³/mol. The van der Waals surface area contributed by atoms with Gasteiger partial charge in [0.1, 0.15) is 0 Å². The Bertz CT molecular complexity index is 630. The molecule has 0 radical (unpaired) electrons. The third kappa shape index (κ3) is 6.31. The van der Waals surface area contributed by atoms with Crippen molar-refractivity contribution in [3.05, 3.63) is 35.4 Å². The molecule has 0 aliphatic rings. The van der Waals surface area contributed by atoms with Gasteiger partial charge in [-0.05, 0) is 25.0 Å². The summed E-state index contributed by atoms with van der Waals surface area (Å²) in [5.74, 6) is -0.101. The zero-order chi connectivity index (χ0) is 19.0. The molecule has 0 aliphatic heterocycles. The van der Waals surface area contributed by atoms with Crippen molar-refractivity contribution in [2.75, 3.05) is 20.3 Å². The highest BCUT2D eigenvalue weighted by atomic mass is 35.5. The van der Waals surface area contributed by atoms with Gasteiger partial charge < -0.3 is 19.5 Å². The number of hydrogen-bond acceptors (Lipinski definition) is 5. The van der Waals surface area contributed by atoms with Crippen molar-refractivity contribution in [2.24, 2.45) is 5.92 Å². The monoisotopic (exact) mass is 369 g/mol. The van der Waals surface area contributed by atoms with Crippen LogP contribution in [0.15, 0.2) is 24.8 Å². The fourth-order valence-electron chi connectivity index (χ4n) is 1.83. The number of benzene rings is 1. The van der Waals surface area contributed by atoms with Gasteiger partial charge in [0.05, 0.1) is 24.3 Å². The smallest absolute Gasteiger partial charge is 0.339 e. The van der Waals surface area contributed by atoms with Gasteiger partial charge in [0.2, 0.25) is 0 Å². The van der Waals surface area contributed by atoms with Crippen molar-refractivity contribution < 1.29 is 23.8 Å². The highest BCUT2D eigenvalue weighted by Crippen LogP contribution is 2.37. The molecule has 0 fully saturated rings. The Labute approximate surface area is 153 Å². The number of esters is 1. The fraction of sp³-hybridized carbons (Fsp3) is 0.444. The van der Waals surface area contributed by atoms with Crippen molar-refractivity contribution >= 4 is 23.5 Å². The Morgan fingerprint density at radius 3 is 2.56 bits per heavy atom. The Balaban J connectivity index is 2.90. The molecule has 0 saturated carbocycles. The highest BCUT2D eigenvalue weighted by molar-refractivity contribution is 6.32. The SMILES string of the molecule is C=CCNC(=O)[C@@H](C)OC(=O)c1cc(Cl)c(OCC(C)C)c(OC)c1. The Morgan fingerprint density at radius 2 is 2.00 bits per heavy atom. The van der Waals surface area contributed by atoms with Gasteiger partial charge in [0, 0.05) is 6.54 Å². The summed E-state index contributed by atoms with van der Waals surface area (Å²) in [6.07, 6.45) is 0.585. The maximum Gasteiger partial charge on any atom is 0.339 e. The number of amides is 1. The number of rotatable bonds is 9. The first-order valence-electron chi connectivity index (χ1n) is 7.90. The molecule has 0 aliphatic carbocycles. The number of hydrogen-bond donors (Lipinski definition) is 1. The van der Waals surface area contributed by atoms with Gasteiger partial charge in [0.15, 0.2) is 17.6 Å². The van der Waals surface area contributed by atoms with E-state index in [0.717, 1.165) is 0 Å². The standard InChI is InChI=1S/C18H24ClNO5/c1-6-7-20-17(21)12(4)25-18(22)13-8-14(19)16(15(9-13)23-5)24-10-11(2)3/h6,8-9,11-12H,1,7,10H2,2-5H3,(H,20,21)/t12-/m1/s1. The first-order valence-corrected chi connectivity index (χ1v) is 8.27. The van der Waals surface area contributed by atoms with Gasteiger partial charge in [-0.25, -0.2) is 4.79 Å². The summed E-state index contributed by atoms with van der Waals surface area (Å²) in [5.41, 5.74) is 0.169.